The molecule has 90 valence electrons. The number of likely N-dealkylation sites (tertiary alicyclic amines) is 1. The largest absolute Gasteiger partial charge is 0.337 e. The van der Waals surface area contributed by atoms with Gasteiger partial charge in [-0.1, -0.05) is 13.8 Å². The molecule has 0 aromatic carbocycles. The van der Waals surface area contributed by atoms with E-state index >= 15 is 0 Å². The van der Waals surface area contributed by atoms with Gasteiger partial charge < -0.3 is 4.90 Å². The molecule has 1 spiro atoms. The molecule has 4 nitrogen and oxygen atoms in total. The maximum Gasteiger partial charge on any atom is 0.223 e. The highest BCUT2D eigenvalue weighted by atomic mass is 16.2. The zero-order valence-corrected chi connectivity index (χ0v) is 10.4. The van der Waals surface area contributed by atoms with E-state index in [4.69, 9.17) is 5.26 Å². The van der Waals surface area contributed by atoms with E-state index in [1.165, 1.54) is 0 Å². The van der Waals surface area contributed by atoms with Crippen molar-refractivity contribution in [2.75, 3.05) is 7.05 Å². The molecule has 17 heavy (non-hydrogen) atoms. The molecule has 4 heteroatoms. The van der Waals surface area contributed by atoms with Gasteiger partial charge in [0.15, 0.2) is 5.78 Å². The average molecular weight is 232 g/mol. The third-order valence-electron chi connectivity index (χ3n) is 3.95. The van der Waals surface area contributed by atoms with Crippen LogP contribution in [0, 0.1) is 16.7 Å². The lowest BCUT2D eigenvalue weighted by molar-refractivity contribution is -0.132. The van der Waals surface area contributed by atoms with Gasteiger partial charge in [-0.05, 0) is 18.9 Å². The Morgan fingerprint density at radius 1 is 1.41 bits per heavy atom. The summed E-state index contributed by atoms with van der Waals surface area (Å²) >= 11 is 0. The van der Waals surface area contributed by atoms with Crippen molar-refractivity contribution in [3.05, 3.63) is 11.6 Å². The van der Waals surface area contributed by atoms with Crippen molar-refractivity contribution in [3.8, 4) is 6.07 Å². The van der Waals surface area contributed by atoms with Crippen LogP contribution in [0.5, 0.6) is 0 Å². The van der Waals surface area contributed by atoms with E-state index in [9.17, 15) is 9.59 Å². The summed E-state index contributed by atoms with van der Waals surface area (Å²) in [5, 5.41) is 9.05. The first kappa shape index (κ1) is 11.8. The summed E-state index contributed by atoms with van der Waals surface area (Å²) in [6, 6.07) is 1.97. The number of rotatable bonds is 0. The first-order valence-corrected chi connectivity index (χ1v) is 5.77. The number of nitrogens with zero attached hydrogens (tertiary/aromatic N) is 2. The number of nitriles is 1. The number of hydrogen-bond acceptors (Lipinski definition) is 3. The Hall–Kier alpha value is -1.63. The second-order valence-electron chi connectivity index (χ2n) is 5.62. The van der Waals surface area contributed by atoms with E-state index in [0.29, 0.717) is 19.3 Å². The van der Waals surface area contributed by atoms with Crippen LogP contribution in [0.4, 0.5) is 0 Å². The van der Waals surface area contributed by atoms with Gasteiger partial charge in [-0.25, -0.2) is 0 Å². The molecule has 1 amide bonds. The fourth-order valence-electron chi connectivity index (χ4n) is 2.96. The van der Waals surface area contributed by atoms with Gasteiger partial charge in [0, 0.05) is 18.9 Å². The maximum absolute atomic E-state index is 12.0. The second kappa shape index (κ2) is 3.43. The molecule has 0 radical (unpaired) electrons. The number of Topliss-reactive ketones (excluding diaryl/α,β-unsaturated/α-hetero) is 1. The van der Waals surface area contributed by atoms with Crippen molar-refractivity contribution in [1.82, 2.24) is 4.90 Å². The molecule has 2 rings (SSSR count). The Morgan fingerprint density at radius 3 is 2.53 bits per heavy atom. The highest BCUT2D eigenvalue weighted by Crippen LogP contribution is 2.45. The van der Waals surface area contributed by atoms with Crippen LogP contribution in [0.15, 0.2) is 11.6 Å². The number of carbonyl (C=O) groups excluding carboxylic acids is 2. The van der Waals surface area contributed by atoms with E-state index in [1.807, 2.05) is 19.9 Å². The molecule has 1 heterocycles. The fourth-order valence-corrected chi connectivity index (χ4v) is 2.96. The highest BCUT2D eigenvalue weighted by Gasteiger charge is 2.51. The van der Waals surface area contributed by atoms with Crippen molar-refractivity contribution in [2.45, 2.75) is 38.6 Å². The smallest absolute Gasteiger partial charge is 0.223 e. The van der Waals surface area contributed by atoms with Crippen LogP contribution in [-0.4, -0.2) is 29.2 Å². The predicted octanol–water partition coefficient (Wildman–Crippen LogP) is 1.43. The second-order valence-corrected chi connectivity index (χ2v) is 5.62. The molecule has 1 unspecified atom stereocenters. The summed E-state index contributed by atoms with van der Waals surface area (Å²) in [4.78, 5) is 25.4. The Bertz CT molecular complexity index is 470. The summed E-state index contributed by atoms with van der Waals surface area (Å²) in [5.74, 6) is -0.0259. The van der Waals surface area contributed by atoms with Crippen LogP contribution in [-0.2, 0) is 9.59 Å². The normalized spacial score (nSPS) is 31.6. The number of amides is 1. The Kier molecular flexibility index (Phi) is 2.39. The minimum Gasteiger partial charge on any atom is -0.337 e. The summed E-state index contributed by atoms with van der Waals surface area (Å²) in [6.07, 6.45) is 3.50. The van der Waals surface area contributed by atoms with Crippen LogP contribution in [0.25, 0.3) is 0 Å². The molecular weight excluding hydrogens is 216 g/mol. The highest BCUT2D eigenvalue weighted by molar-refractivity contribution is 6.04. The lowest BCUT2D eigenvalue weighted by Crippen LogP contribution is -2.50. The molecule has 0 saturated carbocycles. The van der Waals surface area contributed by atoms with E-state index in [-0.39, 0.29) is 17.3 Å². The van der Waals surface area contributed by atoms with Gasteiger partial charge in [-0.3, -0.25) is 9.59 Å². The molecular formula is C13H16N2O2. The quantitative estimate of drug-likeness (QED) is 0.634. The molecule has 1 saturated heterocycles. The third kappa shape index (κ3) is 1.57. The first-order valence-electron chi connectivity index (χ1n) is 5.77. The Morgan fingerprint density at radius 2 is 2.06 bits per heavy atom. The zero-order valence-electron chi connectivity index (χ0n) is 10.4. The Labute approximate surface area is 101 Å². The van der Waals surface area contributed by atoms with Crippen molar-refractivity contribution in [3.63, 3.8) is 0 Å². The van der Waals surface area contributed by atoms with E-state index in [1.54, 1.807) is 18.0 Å². The van der Waals surface area contributed by atoms with Gasteiger partial charge in [-0.2, -0.15) is 5.26 Å². The predicted molar refractivity (Wildman–Crippen MR) is 61.8 cm³/mol. The zero-order chi connectivity index (χ0) is 12.8. The van der Waals surface area contributed by atoms with Crippen LogP contribution < -0.4 is 0 Å². The van der Waals surface area contributed by atoms with Gasteiger partial charge >= 0.3 is 0 Å². The number of likely N-dealkylation sites (N-methyl/N-ethyl adjacent to an activating group) is 1. The lowest BCUT2D eigenvalue weighted by Gasteiger charge is -2.42. The molecule has 1 atom stereocenters. The maximum atomic E-state index is 12.0. The number of carbonyl (C=O) groups is 2. The summed E-state index contributed by atoms with van der Waals surface area (Å²) in [7, 11) is 1.76. The first-order chi connectivity index (χ1) is 7.82. The van der Waals surface area contributed by atoms with Crippen LogP contribution in [0.2, 0.25) is 0 Å². The minimum atomic E-state index is -0.571. The lowest BCUT2D eigenvalue weighted by atomic mass is 9.67. The summed E-state index contributed by atoms with van der Waals surface area (Å²) in [5.41, 5.74) is -0.805. The van der Waals surface area contributed by atoms with Crippen molar-refractivity contribution >= 4 is 11.7 Å². The number of ketones is 1. The Balaban J connectivity index is 2.52. The fraction of sp³-hybridized carbons (Fsp3) is 0.615. The standard InChI is InChI=1S/C13H16N2O2/c1-12(2)8-13(5-4-10(16)15(13)3)6-9(7-14)11(12)17/h6H,4-5,8H2,1-3H3. The van der Waals surface area contributed by atoms with E-state index in [0.717, 1.165) is 0 Å². The summed E-state index contributed by atoms with van der Waals surface area (Å²) < 4.78 is 0. The van der Waals surface area contributed by atoms with Crippen LogP contribution >= 0.6 is 0 Å². The monoisotopic (exact) mass is 232 g/mol. The SMILES string of the molecule is CN1C(=O)CCC12C=C(C#N)C(=O)C(C)(C)C2. The van der Waals surface area contributed by atoms with Crippen LogP contribution in [0.1, 0.15) is 33.1 Å². The molecule has 1 aliphatic heterocycles. The van der Waals surface area contributed by atoms with Crippen molar-refractivity contribution in [1.29, 1.82) is 5.26 Å². The van der Waals surface area contributed by atoms with E-state index in [2.05, 4.69) is 0 Å². The van der Waals surface area contributed by atoms with E-state index < -0.39 is 11.0 Å². The molecule has 0 N–H and O–H groups in total. The van der Waals surface area contributed by atoms with Gasteiger partial charge in [-0.15, -0.1) is 0 Å². The third-order valence-corrected chi connectivity index (χ3v) is 3.95. The topological polar surface area (TPSA) is 61.2 Å². The minimum absolute atomic E-state index is 0.0867. The van der Waals surface area contributed by atoms with Gasteiger partial charge in [0.25, 0.3) is 0 Å². The molecule has 1 fully saturated rings. The molecule has 0 aromatic heterocycles. The van der Waals surface area contributed by atoms with Crippen molar-refractivity contribution in [2.24, 2.45) is 5.41 Å². The van der Waals surface area contributed by atoms with Gasteiger partial charge in [0.05, 0.1) is 11.1 Å². The summed E-state index contributed by atoms with van der Waals surface area (Å²) in [6.45, 7) is 3.69. The number of hydrogen-bond donors (Lipinski definition) is 0. The van der Waals surface area contributed by atoms with Gasteiger partial charge in [0.1, 0.15) is 6.07 Å². The molecule has 0 bridgehead atoms. The van der Waals surface area contributed by atoms with Gasteiger partial charge in [0.2, 0.25) is 5.91 Å². The van der Waals surface area contributed by atoms with Crippen molar-refractivity contribution < 1.29 is 9.59 Å². The van der Waals surface area contributed by atoms with Crippen LogP contribution in [0.3, 0.4) is 0 Å². The number of allylic oxidation sites excluding steroid dienone is 1. The molecule has 1 aliphatic carbocycles. The molecule has 0 aromatic rings. The average Bonchev–Trinajstić information content (AvgIpc) is 2.52. The molecule has 2 aliphatic rings.